The van der Waals surface area contributed by atoms with Crippen LogP contribution in [-0.4, -0.2) is 6.54 Å². The second-order valence-electron chi connectivity index (χ2n) is 6.27. The minimum absolute atomic E-state index is 0.0579. The fourth-order valence-electron chi connectivity index (χ4n) is 3.34. The highest BCUT2D eigenvalue weighted by atomic mass is 79.9. The SMILES string of the molecule is Fc1ccc(N2CCc3ccccc3C2C#Cc2ccccc2Br)cc1. The zero-order valence-corrected chi connectivity index (χ0v) is 15.7. The fourth-order valence-corrected chi connectivity index (χ4v) is 3.73. The molecule has 0 bridgehead atoms. The predicted molar refractivity (Wildman–Crippen MR) is 108 cm³/mol. The van der Waals surface area contributed by atoms with Gasteiger partial charge >= 0.3 is 0 Å². The third-order valence-electron chi connectivity index (χ3n) is 4.66. The summed E-state index contributed by atoms with van der Waals surface area (Å²) in [5.41, 5.74) is 4.52. The molecule has 1 aliphatic rings. The molecule has 3 aromatic carbocycles. The van der Waals surface area contributed by atoms with Crippen LogP contribution in [0.25, 0.3) is 0 Å². The molecule has 0 aliphatic carbocycles. The Morgan fingerprint density at radius 1 is 0.923 bits per heavy atom. The van der Waals surface area contributed by atoms with Gasteiger partial charge in [0.15, 0.2) is 0 Å². The standard InChI is InChI=1S/C23H17BrFN/c24-22-8-4-2-6-18(22)9-14-23-21-7-3-1-5-17(21)15-16-26(23)20-12-10-19(25)11-13-20/h1-8,10-13,23H,15-16H2. The van der Waals surface area contributed by atoms with Crippen LogP contribution in [0, 0.1) is 17.7 Å². The summed E-state index contributed by atoms with van der Waals surface area (Å²) in [5.74, 6) is 6.55. The highest BCUT2D eigenvalue weighted by molar-refractivity contribution is 9.10. The molecule has 1 heterocycles. The van der Waals surface area contributed by atoms with Crippen molar-refractivity contribution in [1.82, 2.24) is 0 Å². The van der Waals surface area contributed by atoms with Gasteiger partial charge in [-0.05, 0) is 69.9 Å². The summed E-state index contributed by atoms with van der Waals surface area (Å²) in [7, 11) is 0. The molecule has 3 heteroatoms. The van der Waals surface area contributed by atoms with Crippen molar-refractivity contribution in [1.29, 1.82) is 0 Å². The lowest BCUT2D eigenvalue weighted by Gasteiger charge is -2.36. The molecule has 4 rings (SSSR count). The molecule has 128 valence electrons. The van der Waals surface area contributed by atoms with Crippen molar-refractivity contribution in [2.75, 3.05) is 11.4 Å². The molecule has 0 fully saturated rings. The molecule has 0 N–H and O–H groups in total. The second kappa shape index (κ2) is 7.35. The monoisotopic (exact) mass is 405 g/mol. The van der Waals surface area contributed by atoms with E-state index in [4.69, 9.17) is 0 Å². The first-order chi connectivity index (χ1) is 12.7. The van der Waals surface area contributed by atoms with E-state index in [9.17, 15) is 4.39 Å². The van der Waals surface area contributed by atoms with E-state index in [0.29, 0.717) is 0 Å². The van der Waals surface area contributed by atoms with Crippen molar-refractivity contribution < 1.29 is 4.39 Å². The predicted octanol–water partition coefficient (Wildman–Crippen LogP) is 5.74. The summed E-state index contributed by atoms with van der Waals surface area (Å²) < 4.78 is 14.3. The van der Waals surface area contributed by atoms with Crippen molar-refractivity contribution in [2.24, 2.45) is 0 Å². The minimum atomic E-state index is -0.220. The van der Waals surface area contributed by atoms with Crippen molar-refractivity contribution in [3.8, 4) is 11.8 Å². The van der Waals surface area contributed by atoms with E-state index >= 15 is 0 Å². The summed E-state index contributed by atoms with van der Waals surface area (Å²) >= 11 is 3.56. The number of anilines is 1. The third kappa shape index (κ3) is 3.38. The molecule has 1 aliphatic heterocycles. The summed E-state index contributed by atoms with van der Waals surface area (Å²) in [5, 5.41) is 0. The number of hydrogen-bond donors (Lipinski definition) is 0. The largest absolute Gasteiger partial charge is 0.353 e. The van der Waals surface area contributed by atoms with Gasteiger partial charge in [-0.15, -0.1) is 0 Å². The van der Waals surface area contributed by atoms with E-state index in [1.165, 1.54) is 23.3 Å². The Morgan fingerprint density at radius 2 is 1.65 bits per heavy atom. The fraction of sp³-hybridized carbons (Fsp3) is 0.130. The van der Waals surface area contributed by atoms with Crippen molar-refractivity contribution in [3.05, 3.63) is 99.8 Å². The molecule has 0 spiro atoms. The molecule has 1 atom stereocenters. The van der Waals surface area contributed by atoms with Gasteiger partial charge in [-0.25, -0.2) is 4.39 Å². The smallest absolute Gasteiger partial charge is 0.123 e. The number of fused-ring (bicyclic) bond motifs is 1. The van der Waals surface area contributed by atoms with Crippen LogP contribution in [0.3, 0.4) is 0 Å². The molecule has 3 aromatic rings. The summed E-state index contributed by atoms with van der Waals surface area (Å²) in [6, 6.07) is 23.0. The number of rotatable bonds is 1. The Balaban J connectivity index is 1.78. The van der Waals surface area contributed by atoms with Crippen LogP contribution in [-0.2, 0) is 6.42 Å². The van der Waals surface area contributed by atoms with Gasteiger partial charge in [0.1, 0.15) is 11.9 Å². The lowest BCUT2D eigenvalue weighted by atomic mass is 9.92. The number of benzene rings is 3. The van der Waals surface area contributed by atoms with Crippen molar-refractivity contribution in [3.63, 3.8) is 0 Å². The Morgan fingerprint density at radius 3 is 2.46 bits per heavy atom. The highest BCUT2D eigenvalue weighted by Gasteiger charge is 2.26. The van der Waals surface area contributed by atoms with E-state index in [1.807, 2.05) is 36.4 Å². The highest BCUT2D eigenvalue weighted by Crippen LogP contribution is 2.33. The summed E-state index contributed by atoms with van der Waals surface area (Å²) in [6.45, 7) is 0.859. The van der Waals surface area contributed by atoms with Gasteiger partial charge in [-0.3, -0.25) is 0 Å². The first-order valence-electron chi connectivity index (χ1n) is 8.58. The van der Waals surface area contributed by atoms with E-state index in [-0.39, 0.29) is 11.9 Å². The van der Waals surface area contributed by atoms with E-state index in [1.54, 1.807) is 0 Å². The molecule has 0 saturated carbocycles. The number of halogens is 2. The molecular weight excluding hydrogens is 389 g/mol. The van der Waals surface area contributed by atoms with Crippen LogP contribution >= 0.6 is 15.9 Å². The third-order valence-corrected chi connectivity index (χ3v) is 5.35. The van der Waals surface area contributed by atoms with Gasteiger partial charge in [-0.1, -0.05) is 48.2 Å². The Labute approximate surface area is 161 Å². The van der Waals surface area contributed by atoms with Crippen LogP contribution in [0.2, 0.25) is 0 Å². The minimum Gasteiger partial charge on any atom is -0.353 e. The quantitative estimate of drug-likeness (QED) is 0.466. The van der Waals surface area contributed by atoms with Gasteiger partial charge < -0.3 is 4.90 Å². The van der Waals surface area contributed by atoms with Gasteiger partial charge in [0.25, 0.3) is 0 Å². The van der Waals surface area contributed by atoms with E-state index in [0.717, 1.165) is 28.7 Å². The average molecular weight is 406 g/mol. The number of hydrogen-bond acceptors (Lipinski definition) is 1. The molecule has 1 unspecified atom stereocenters. The van der Waals surface area contributed by atoms with Crippen LogP contribution < -0.4 is 4.90 Å². The van der Waals surface area contributed by atoms with Gasteiger partial charge in [0.05, 0.1) is 0 Å². The topological polar surface area (TPSA) is 3.24 Å². The van der Waals surface area contributed by atoms with Gasteiger partial charge in [-0.2, -0.15) is 0 Å². The Bertz CT molecular complexity index is 985. The maximum atomic E-state index is 13.4. The maximum absolute atomic E-state index is 13.4. The summed E-state index contributed by atoms with van der Waals surface area (Å²) in [4.78, 5) is 2.26. The average Bonchev–Trinajstić information content (AvgIpc) is 2.68. The zero-order valence-electron chi connectivity index (χ0n) is 14.1. The Kier molecular flexibility index (Phi) is 4.77. The van der Waals surface area contributed by atoms with Gasteiger partial charge in [0, 0.05) is 22.3 Å². The second-order valence-corrected chi connectivity index (χ2v) is 7.12. The first kappa shape index (κ1) is 16.9. The Hall–Kier alpha value is -2.57. The molecule has 26 heavy (non-hydrogen) atoms. The van der Waals surface area contributed by atoms with E-state index in [2.05, 4.69) is 56.9 Å². The molecule has 0 saturated heterocycles. The molecule has 1 nitrogen and oxygen atoms in total. The van der Waals surface area contributed by atoms with Crippen LogP contribution in [0.1, 0.15) is 22.7 Å². The maximum Gasteiger partial charge on any atom is 0.123 e. The van der Waals surface area contributed by atoms with Crippen LogP contribution in [0.5, 0.6) is 0 Å². The molecular formula is C23H17BrFN. The van der Waals surface area contributed by atoms with Crippen LogP contribution in [0.15, 0.2) is 77.3 Å². The lowest BCUT2D eigenvalue weighted by molar-refractivity contribution is 0.625. The zero-order chi connectivity index (χ0) is 17.9. The molecule has 0 aromatic heterocycles. The van der Waals surface area contributed by atoms with E-state index < -0.39 is 0 Å². The molecule has 0 amide bonds. The number of nitrogens with zero attached hydrogens (tertiary/aromatic N) is 1. The first-order valence-corrected chi connectivity index (χ1v) is 9.38. The van der Waals surface area contributed by atoms with Crippen molar-refractivity contribution >= 4 is 21.6 Å². The normalized spacial score (nSPS) is 15.8. The van der Waals surface area contributed by atoms with Crippen molar-refractivity contribution in [2.45, 2.75) is 12.5 Å². The summed E-state index contributed by atoms with van der Waals surface area (Å²) in [6.07, 6.45) is 0.959. The lowest BCUT2D eigenvalue weighted by Crippen LogP contribution is -2.34. The van der Waals surface area contributed by atoms with Gasteiger partial charge in [0.2, 0.25) is 0 Å². The molecule has 0 radical (unpaired) electrons. The van der Waals surface area contributed by atoms with Crippen LogP contribution in [0.4, 0.5) is 10.1 Å².